The van der Waals surface area contributed by atoms with Crippen LogP contribution in [0.25, 0.3) is 6.08 Å². The number of benzene rings is 1. The number of methoxy groups -OCH3 is 4. The standard InChI is InChI=1S/C39H64N4O7S/c1-7-8-9-10-11-12-15-20-28(25-29-27(2)34(47-3)36(49-5)37(50-6)35(29)48-4)38(45)41-24-19-14-13-18-23-40-32(44)22-17-16-21-31-33-30(26-51-31)42-39(46)43-33/h25,30-31,33H,7-24,26H2,1-6H3,(H,40,44)(H,41,45)(H2,42,43,46)/b28-25+/t30?,31?,33-/m0/s1. The molecule has 0 aliphatic carbocycles. The highest BCUT2D eigenvalue weighted by molar-refractivity contribution is 8.00. The van der Waals surface area contributed by atoms with Gasteiger partial charge in [-0.05, 0) is 51.5 Å². The van der Waals surface area contributed by atoms with Gasteiger partial charge in [-0.3, -0.25) is 9.59 Å². The molecule has 3 atom stereocenters. The van der Waals surface area contributed by atoms with Crippen LogP contribution >= 0.6 is 11.8 Å². The number of carbonyl (C=O) groups is 3. The van der Waals surface area contributed by atoms with Gasteiger partial charge < -0.3 is 40.2 Å². The lowest BCUT2D eigenvalue weighted by Crippen LogP contribution is -2.36. The number of hydrogen-bond acceptors (Lipinski definition) is 8. The van der Waals surface area contributed by atoms with Gasteiger partial charge in [-0.2, -0.15) is 11.8 Å². The van der Waals surface area contributed by atoms with Gasteiger partial charge in [0.2, 0.25) is 23.3 Å². The monoisotopic (exact) mass is 732 g/mol. The molecule has 0 spiro atoms. The van der Waals surface area contributed by atoms with E-state index in [-0.39, 0.29) is 29.9 Å². The third-order valence-electron chi connectivity index (χ3n) is 9.88. The van der Waals surface area contributed by atoms with Crippen LogP contribution in [0.3, 0.4) is 0 Å². The van der Waals surface area contributed by atoms with Gasteiger partial charge in [0.15, 0.2) is 11.5 Å². The fraction of sp³-hybridized carbons (Fsp3) is 0.718. The van der Waals surface area contributed by atoms with Crippen LogP contribution in [-0.4, -0.2) is 82.5 Å². The number of amides is 4. The molecule has 12 heteroatoms. The first-order valence-electron chi connectivity index (χ1n) is 19.1. The average molecular weight is 733 g/mol. The summed E-state index contributed by atoms with van der Waals surface area (Å²) in [6.45, 7) is 5.42. The Bertz CT molecular complexity index is 1290. The average Bonchev–Trinajstić information content (AvgIpc) is 3.69. The molecule has 51 heavy (non-hydrogen) atoms. The third kappa shape index (κ3) is 13.0. The summed E-state index contributed by atoms with van der Waals surface area (Å²) < 4.78 is 22.8. The van der Waals surface area contributed by atoms with Gasteiger partial charge in [-0.15, -0.1) is 0 Å². The van der Waals surface area contributed by atoms with Crippen molar-refractivity contribution >= 4 is 35.7 Å². The van der Waals surface area contributed by atoms with Crippen molar-refractivity contribution in [1.29, 1.82) is 0 Å². The number of fused-ring (bicyclic) bond motifs is 1. The van der Waals surface area contributed by atoms with Crippen LogP contribution < -0.4 is 40.2 Å². The Morgan fingerprint density at radius 1 is 0.745 bits per heavy atom. The number of rotatable bonds is 26. The molecular formula is C39H64N4O7S. The van der Waals surface area contributed by atoms with Crippen molar-refractivity contribution in [3.05, 3.63) is 16.7 Å². The maximum absolute atomic E-state index is 13.6. The van der Waals surface area contributed by atoms with E-state index in [4.69, 9.17) is 18.9 Å². The Labute approximate surface area is 310 Å². The molecule has 2 fully saturated rings. The number of ether oxygens (including phenoxy) is 4. The summed E-state index contributed by atoms with van der Waals surface area (Å²) in [5.74, 6) is 2.93. The van der Waals surface area contributed by atoms with Crippen LogP contribution in [-0.2, 0) is 9.59 Å². The van der Waals surface area contributed by atoms with Crippen molar-refractivity contribution in [2.75, 3.05) is 47.3 Å². The first-order chi connectivity index (χ1) is 24.8. The molecule has 4 N–H and O–H groups in total. The van der Waals surface area contributed by atoms with Gasteiger partial charge in [-0.25, -0.2) is 4.79 Å². The molecule has 2 unspecified atom stereocenters. The molecule has 2 aliphatic rings. The van der Waals surface area contributed by atoms with E-state index in [2.05, 4.69) is 28.2 Å². The number of unbranched alkanes of at least 4 members (excludes halogenated alkanes) is 10. The topological polar surface area (TPSA) is 136 Å². The fourth-order valence-corrected chi connectivity index (χ4v) is 8.54. The molecule has 1 aromatic carbocycles. The van der Waals surface area contributed by atoms with Crippen LogP contribution in [0.15, 0.2) is 5.57 Å². The Balaban J connectivity index is 1.43. The van der Waals surface area contributed by atoms with E-state index in [1.807, 2.05) is 24.8 Å². The molecule has 2 saturated heterocycles. The highest BCUT2D eigenvalue weighted by Crippen LogP contribution is 2.50. The van der Waals surface area contributed by atoms with Crippen molar-refractivity contribution in [3.63, 3.8) is 0 Å². The van der Waals surface area contributed by atoms with E-state index < -0.39 is 0 Å². The smallest absolute Gasteiger partial charge is 0.315 e. The van der Waals surface area contributed by atoms with Crippen molar-refractivity contribution in [1.82, 2.24) is 21.3 Å². The summed E-state index contributed by atoms with van der Waals surface area (Å²) in [6, 6.07) is 0.413. The van der Waals surface area contributed by atoms with E-state index in [0.717, 1.165) is 74.7 Å². The molecule has 288 valence electrons. The van der Waals surface area contributed by atoms with Crippen molar-refractivity contribution < 1.29 is 33.3 Å². The van der Waals surface area contributed by atoms with Crippen LogP contribution in [0.2, 0.25) is 0 Å². The second kappa shape index (κ2) is 23.3. The molecule has 0 bridgehead atoms. The lowest BCUT2D eigenvalue weighted by atomic mass is 9.98. The van der Waals surface area contributed by atoms with Crippen LogP contribution in [0, 0.1) is 6.92 Å². The summed E-state index contributed by atoms with van der Waals surface area (Å²) in [6.07, 6.45) is 17.9. The van der Waals surface area contributed by atoms with Crippen LogP contribution in [0.4, 0.5) is 4.79 Å². The molecule has 2 heterocycles. The minimum atomic E-state index is -0.0699. The Morgan fingerprint density at radius 3 is 2.00 bits per heavy atom. The van der Waals surface area contributed by atoms with Gasteiger partial charge in [0.25, 0.3) is 0 Å². The summed E-state index contributed by atoms with van der Waals surface area (Å²) in [5.41, 5.74) is 2.25. The zero-order chi connectivity index (χ0) is 37.0. The van der Waals surface area contributed by atoms with Crippen molar-refractivity contribution in [2.45, 2.75) is 134 Å². The third-order valence-corrected chi connectivity index (χ3v) is 11.4. The molecule has 2 aliphatic heterocycles. The molecule has 11 nitrogen and oxygen atoms in total. The molecule has 4 amide bonds. The summed E-state index contributed by atoms with van der Waals surface area (Å²) >= 11 is 1.91. The highest BCUT2D eigenvalue weighted by Gasteiger charge is 2.42. The molecule has 0 aromatic heterocycles. The van der Waals surface area contributed by atoms with Gasteiger partial charge in [0.05, 0.1) is 40.5 Å². The number of urea groups is 1. The van der Waals surface area contributed by atoms with E-state index >= 15 is 0 Å². The predicted octanol–water partition coefficient (Wildman–Crippen LogP) is 7.07. The van der Waals surface area contributed by atoms with Gasteiger partial charge in [0, 0.05) is 47.2 Å². The minimum Gasteiger partial charge on any atom is -0.492 e. The second-order valence-electron chi connectivity index (χ2n) is 13.6. The largest absolute Gasteiger partial charge is 0.492 e. The van der Waals surface area contributed by atoms with Gasteiger partial charge in [-0.1, -0.05) is 64.7 Å². The molecule has 3 rings (SSSR count). The molecule has 0 saturated carbocycles. The zero-order valence-electron chi connectivity index (χ0n) is 32.0. The minimum absolute atomic E-state index is 0.0552. The van der Waals surface area contributed by atoms with Crippen LogP contribution in [0.5, 0.6) is 23.0 Å². The van der Waals surface area contributed by atoms with E-state index in [1.165, 1.54) is 32.1 Å². The Hall–Kier alpha value is -3.28. The summed E-state index contributed by atoms with van der Waals surface area (Å²) in [4.78, 5) is 37.5. The highest BCUT2D eigenvalue weighted by atomic mass is 32.2. The maximum Gasteiger partial charge on any atom is 0.315 e. The molecule has 0 radical (unpaired) electrons. The number of hydrogen-bond donors (Lipinski definition) is 4. The number of nitrogens with one attached hydrogen (secondary N) is 4. The Kier molecular flexibility index (Phi) is 19.3. The fourth-order valence-electron chi connectivity index (χ4n) is 6.99. The Morgan fingerprint density at radius 2 is 1.33 bits per heavy atom. The predicted molar refractivity (Wildman–Crippen MR) is 206 cm³/mol. The quantitative estimate of drug-likeness (QED) is 0.0451. The van der Waals surface area contributed by atoms with Gasteiger partial charge >= 0.3 is 6.03 Å². The SMILES string of the molecule is CCCCCCCCC/C(=C\c1c(C)c(OC)c(OC)c(OC)c1OC)C(=O)NCCCCCCNC(=O)CCCCC1SCC2NC(=O)N[C@@H]21. The zero-order valence-corrected chi connectivity index (χ0v) is 32.8. The van der Waals surface area contributed by atoms with E-state index in [9.17, 15) is 14.4 Å². The number of carbonyl (C=O) groups excluding carboxylic acids is 3. The van der Waals surface area contributed by atoms with Gasteiger partial charge in [0.1, 0.15) is 0 Å². The first kappa shape index (κ1) is 42.1. The maximum atomic E-state index is 13.6. The molecule has 1 aromatic rings. The van der Waals surface area contributed by atoms with Crippen LogP contribution in [0.1, 0.15) is 121 Å². The van der Waals surface area contributed by atoms with E-state index in [0.29, 0.717) is 59.8 Å². The summed E-state index contributed by atoms with van der Waals surface area (Å²) in [7, 11) is 6.31. The normalized spacial score (nSPS) is 18.1. The first-order valence-corrected chi connectivity index (χ1v) is 20.1. The lowest BCUT2D eigenvalue weighted by Gasteiger charge is -2.21. The second-order valence-corrected chi connectivity index (χ2v) is 14.9. The van der Waals surface area contributed by atoms with E-state index in [1.54, 1.807) is 28.4 Å². The summed E-state index contributed by atoms with van der Waals surface area (Å²) in [5, 5.41) is 12.6. The lowest BCUT2D eigenvalue weighted by molar-refractivity contribution is -0.121. The number of thioether (sulfide) groups is 1. The van der Waals surface area contributed by atoms with Crippen molar-refractivity contribution in [2.24, 2.45) is 0 Å². The van der Waals surface area contributed by atoms with Crippen molar-refractivity contribution in [3.8, 4) is 23.0 Å². The molecular weight excluding hydrogens is 669 g/mol.